The Balaban J connectivity index is 2.45. The molecule has 15 heavy (non-hydrogen) atoms. The monoisotopic (exact) mass is 235 g/mol. The predicted octanol–water partition coefficient (Wildman–Crippen LogP) is -1.64. The average molecular weight is 235 g/mol. The second-order valence-corrected chi connectivity index (χ2v) is 5.52. The van der Waals surface area contributed by atoms with E-state index in [-0.39, 0.29) is 24.2 Å². The zero-order valence-electron chi connectivity index (χ0n) is 8.99. The fraction of sp³-hybridized carbons (Fsp3) is 0.875. The van der Waals surface area contributed by atoms with Crippen LogP contribution in [0.3, 0.4) is 0 Å². The lowest BCUT2D eigenvalue weighted by Gasteiger charge is -2.16. The van der Waals surface area contributed by atoms with E-state index < -0.39 is 10.0 Å². The van der Waals surface area contributed by atoms with E-state index in [0.29, 0.717) is 6.54 Å². The minimum atomic E-state index is -3.22. The van der Waals surface area contributed by atoms with E-state index in [1.165, 1.54) is 7.05 Å². The van der Waals surface area contributed by atoms with Gasteiger partial charge in [-0.25, -0.2) is 13.1 Å². The molecule has 1 unspecified atom stereocenters. The van der Waals surface area contributed by atoms with Crippen molar-refractivity contribution in [2.45, 2.75) is 12.5 Å². The summed E-state index contributed by atoms with van der Waals surface area (Å²) in [5.74, 6) is -0.0464. The Labute approximate surface area is 90.1 Å². The summed E-state index contributed by atoms with van der Waals surface area (Å²) in [5, 5.41) is 2.90. The van der Waals surface area contributed by atoms with Gasteiger partial charge in [0, 0.05) is 13.1 Å². The molecule has 7 heteroatoms. The number of likely N-dealkylation sites (N-methyl/N-ethyl adjacent to an activating group) is 1. The SMILES string of the molecule is CNC1CCN(CCS(=O)(=O)NC)C1=O. The van der Waals surface area contributed by atoms with Crippen LogP contribution < -0.4 is 10.0 Å². The molecule has 2 N–H and O–H groups in total. The molecule has 1 saturated heterocycles. The fourth-order valence-electron chi connectivity index (χ4n) is 1.56. The maximum absolute atomic E-state index is 11.6. The Hall–Kier alpha value is -0.660. The van der Waals surface area contributed by atoms with Crippen LogP contribution in [-0.2, 0) is 14.8 Å². The first kappa shape index (κ1) is 12.4. The zero-order chi connectivity index (χ0) is 11.5. The van der Waals surface area contributed by atoms with Crippen LogP contribution in [0.4, 0.5) is 0 Å². The molecule has 0 radical (unpaired) electrons. The lowest BCUT2D eigenvalue weighted by atomic mass is 10.3. The quantitative estimate of drug-likeness (QED) is 0.599. The highest BCUT2D eigenvalue weighted by Crippen LogP contribution is 2.10. The van der Waals surface area contributed by atoms with Gasteiger partial charge in [0.05, 0.1) is 11.8 Å². The molecule has 0 spiro atoms. The van der Waals surface area contributed by atoms with E-state index in [2.05, 4.69) is 10.0 Å². The molecule has 0 aromatic heterocycles. The van der Waals surface area contributed by atoms with Crippen LogP contribution in [0.15, 0.2) is 0 Å². The van der Waals surface area contributed by atoms with Crippen molar-refractivity contribution < 1.29 is 13.2 Å². The third-order valence-electron chi connectivity index (χ3n) is 2.59. The zero-order valence-corrected chi connectivity index (χ0v) is 9.80. The first-order valence-corrected chi connectivity index (χ1v) is 6.52. The minimum Gasteiger partial charge on any atom is -0.340 e. The number of amides is 1. The predicted molar refractivity (Wildman–Crippen MR) is 56.9 cm³/mol. The summed E-state index contributed by atoms with van der Waals surface area (Å²) in [7, 11) is -0.114. The number of likely N-dealkylation sites (tertiary alicyclic amines) is 1. The first-order valence-electron chi connectivity index (χ1n) is 4.87. The number of nitrogens with one attached hydrogen (secondary N) is 2. The van der Waals surface area contributed by atoms with Crippen LogP contribution >= 0.6 is 0 Å². The number of hydrogen-bond acceptors (Lipinski definition) is 4. The number of sulfonamides is 1. The maximum Gasteiger partial charge on any atom is 0.239 e. The molecule has 88 valence electrons. The van der Waals surface area contributed by atoms with Crippen molar-refractivity contribution in [3.05, 3.63) is 0 Å². The van der Waals surface area contributed by atoms with Crippen LogP contribution in [0, 0.1) is 0 Å². The number of carbonyl (C=O) groups is 1. The Bertz CT molecular complexity index is 328. The molecule has 1 fully saturated rings. The van der Waals surface area contributed by atoms with Crippen LogP contribution in [0.5, 0.6) is 0 Å². The van der Waals surface area contributed by atoms with Gasteiger partial charge in [0.1, 0.15) is 0 Å². The molecule has 0 aromatic rings. The van der Waals surface area contributed by atoms with Gasteiger partial charge in [-0.15, -0.1) is 0 Å². The van der Waals surface area contributed by atoms with Crippen molar-refractivity contribution in [1.29, 1.82) is 0 Å². The Morgan fingerprint density at radius 1 is 1.47 bits per heavy atom. The second kappa shape index (κ2) is 4.91. The van der Waals surface area contributed by atoms with Gasteiger partial charge in [-0.1, -0.05) is 0 Å². The number of nitrogens with zero attached hydrogens (tertiary/aromatic N) is 1. The summed E-state index contributed by atoms with van der Waals surface area (Å²) in [5.41, 5.74) is 0. The summed E-state index contributed by atoms with van der Waals surface area (Å²) in [6.45, 7) is 0.893. The van der Waals surface area contributed by atoms with Gasteiger partial charge in [0.2, 0.25) is 15.9 Å². The molecule has 6 nitrogen and oxygen atoms in total. The highest BCUT2D eigenvalue weighted by molar-refractivity contribution is 7.89. The summed E-state index contributed by atoms with van der Waals surface area (Å²) in [4.78, 5) is 13.2. The van der Waals surface area contributed by atoms with Gasteiger partial charge in [-0.2, -0.15) is 0 Å². The first-order chi connectivity index (χ1) is 7.00. The number of carbonyl (C=O) groups excluding carboxylic acids is 1. The van der Waals surface area contributed by atoms with Gasteiger partial charge in [-0.05, 0) is 20.5 Å². The van der Waals surface area contributed by atoms with Gasteiger partial charge in [0.15, 0.2) is 0 Å². The molecule has 0 aliphatic carbocycles. The van der Waals surface area contributed by atoms with Gasteiger partial charge >= 0.3 is 0 Å². The van der Waals surface area contributed by atoms with E-state index in [9.17, 15) is 13.2 Å². The summed E-state index contributed by atoms with van der Waals surface area (Å²) < 4.78 is 24.5. The maximum atomic E-state index is 11.6. The molecule has 1 heterocycles. The molecule has 0 bridgehead atoms. The van der Waals surface area contributed by atoms with E-state index in [4.69, 9.17) is 0 Å². The normalized spacial score (nSPS) is 22.4. The Morgan fingerprint density at radius 3 is 2.60 bits per heavy atom. The Kier molecular flexibility index (Phi) is 4.06. The van der Waals surface area contributed by atoms with Gasteiger partial charge in [0.25, 0.3) is 0 Å². The van der Waals surface area contributed by atoms with E-state index >= 15 is 0 Å². The number of rotatable bonds is 5. The van der Waals surface area contributed by atoms with Crippen LogP contribution in [0.25, 0.3) is 0 Å². The summed E-state index contributed by atoms with van der Waals surface area (Å²) >= 11 is 0. The number of hydrogen-bond donors (Lipinski definition) is 2. The molecular formula is C8H17N3O3S. The average Bonchev–Trinajstić information content (AvgIpc) is 2.57. The molecular weight excluding hydrogens is 218 g/mol. The second-order valence-electron chi connectivity index (χ2n) is 3.48. The molecule has 0 saturated carbocycles. The van der Waals surface area contributed by atoms with Crippen molar-refractivity contribution >= 4 is 15.9 Å². The fourth-order valence-corrected chi connectivity index (χ4v) is 2.23. The van der Waals surface area contributed by atoms with Crippen molar-refractivity contribution in [3.63, 3.8) is 0 Å². The van der Waals surface area contributed by atoms with E-state index in [1.807, 2.05) is 0 Å². The third kappa shape index (κ3) is 3.15. The van der Waals surface area contributed by atoms with Gasteiger partial charge in [-0.3, -0.25) is 4.79 Å². The molecule has 1 atom stereocenters. The van der Waals surface area contributed by atoms with E-state index in [1.54, 1.807) is 11.9 Å². The Morgan fingerprint density at radius 2 is 2.13 bits per heavy atom. The smallest absolute Gasteiger partial charge is 0.239 e. The van der Waals surface area contributed by atoms with Crippen molar-refractivity contribution in [3.8, 4) is 0 Å². The van der Waals surface area contributed by atoms with Crippen molar-refractivity contribution in [1.82, 2.24) is 14.9 Å². The van der Waals surface area contributed by atoms with Gasteiger partial charge < -0.3 is 10.2 Å². The molecule has 1 aliphatic heterocycles. The van der Waals surface area contributed by atoms with Crippen molar-refractivity contribution in [2.24, 2.45) is 0 Å². The topological polar surface area (TPSA) is 78.5 Å². The largest absolute Gasteiger partial charge is 0.340 e. The lowest BCUT2D eigenvalue weighted by Crippen LogP contribution is -2.39. The molecule has 1 rings (SSSR count). The van der Waals surface area contributed by atoms with Crippen LogP contribution in [-0.4, -0.2) is 58.2 Å². The highest BCUT2D eigenvalue weighted by atomic mass is 32.2. The molecule has 0 aromatic carbocycles. The van der Waals surface area contributed by atoms with Crippen LogP contribution in [0.2, 0.25) is 0 Å². The molecule has 1 amide bonds. The highest BCUT2D eigenvalue weighted by Gasteiger charge is 2.30. The standard InChI is InChI=1S/C8H17N3O3S/c1-9-7-3-4-11(8(7)12)5-6-15(13,14)10-2/h7,9-10H,3-6H2,1-2H3. The van der Waals surface area contributed by atoms with E-state index in [0.717, 1.165) is 6.42 Å². The third-order valence-corrected chi connectivity index (χ3v) is 3.93. The summed E-state index contributed by atoms with van der Waals surface area (Å²) in [6.07, 6.45) is 0.745. The minimum absolute atomic E-state index is 0.0104. The van der Waals surface area contributed by atoms with Crippen LogP contribution in [0.1, 0.15) is 6.42 Å². The lowest BCUT2D eigenvalue weighted by molar-refractivity contribution is -0.129. The summed E-state index contributed by atoms with van der Waals surface area (Å²) in [6, 6.07) is -0.151. The van der Waals surface area contributed by atoms with Crippen molar-refractivity contribution in [2.75, 3.05) is 32.9 Å². The molecule has 1 aliphatic rings.